The summed E-state index contributed by atoms with van der Waals surface area (Å²) in [4.78, 5) is 36.4. The average molecular weight is 378 g/mol. The number of carbonyl (C=O) groups excluding carboxylic acids is 3. The molecule has 0 bridgehead atoms. The fraction of sp³-hybridized carbons (Fsp3) is 0.421. The van der Waals surface area contributed by atoms with Crippen molar-refractivity contribution in [3.63, 3.8) is 0 Å². The molecule has 0 atom stereocenters. The molecule has 6 nitrogen and oxygen atoms in total. The Morgan fingerprint density at radius 3 is 2.69 bits per heavy atom. The van der Waals surface area contributed by atoms with Gasteiger partial charge in [0.15, 0.2) is 17.6 Å². The van der Waals surface area contributed by atoms with Gasteiger partial charge in [-0.1, -0.05) is 11.6 Å². The molecule has 0 saturated heterocycles. The van der Waals surface area contributed by atoms with Crippen LogP contribution >= 0.6 is 11.6 Å². The van der Waals surface area contributed by atoms with Crippen molar-refractivity contribution in [1.29, 1.82) is 0 Å². The van der Waals surface area contributed by atoms with E-state index in [9.17, 15) is 14.4 Å². The smallest absolute Gasteiger partial charge is 0.412 e. The van der Waals surface area contributed by atoms with Gasteiger partial charge in [0.2, 0.25) is 0 Å². The lowest BCUT2D eigenvalue weighted by molar-refractivity contribution is -0.146. The third-order valence-electron chi connectivity index (χ3n) is 4.70. The number of rotatable bonds is 4. The molecular formula is C19H20ClNO5. The SMILES string of the molecule is CCNC(=O)OC1=C(c2c(Cl)cc(C)cc2C=O)C(=O)OC12CCCC2. The van der Waals surface area contributed by atoms with Crippen LogP contribution in [0.15, 0.2) is 17.9 Å². The van der Waals surface area contributed by atoms with Gasteiger partial charge >= 0.3 is 12.1 Å². The lowest BCUT2D eigenvalue weighted by Gasteiger charge is -2.24. The van der Waals surface area contributed by atoms with E-state index in [2.05, 4.69) is 5.32 Å². The number of carbonyl (C=O) groups is 3. The summed E-state index contributed by atoms with van der Waals surface area (Å²) in [7, 11) is 0. The maximum absolute atomic E-state index is 12.7. The summed E-state index contributed by atoms with van der Waals surface area (Å²) in [6, 6.07) is 3.30. The van der Waals surface area contributed by atoms with Gasteiger partial charge in [-0.15, -0.1) is 0 Å². The molecule has 138 valence electrons. The molecule has 1 aromatic carbocycles. The summed E-state index contributed by atoms with van der Waals surface area (Å²) in [5, 5.41) is 2.80. The van der Waals surface area contributed by atoms with Crippen molar-refractivity contribution in [3.05, 3.63) is 39.6 Å². The zero-order valence-electron chi connectivity index (χ0n) is 14.7. The zero-order chi connectivity index (χ0) is 18.9. The Hall–Kier alpha value is -2.34. The lowest BCUT2D eigenvalue weighted by Crippen LogP contribution is -2.33. The van der Waals surface area contributed by atoms with E-state index in [1.54, 1.807) is 26.0 Å². The normalized spacial score (nSPS) is 18.2. The summed E-state index contributed by atoms with van der Waals surface area (Å²) < 4.78 is 11.2. The first kappa shape index (κ1) is 18.5. The van der Waals surface area contributed by atoms with Crippen molar-refractivity contribution in [1.82, 2.24) is 5.32 Å². The number of halogens is 1. The summed E-state index contributed by atoms with van der Waals surface area (Å²) in [6.07, 6.45) is 2.81. The van der Waals surface area contributed by atoms with Gasteiger partial charge in [0, 0.05) is 22.7 Å². The van der Waals surface area contributed by atoms with Crippen LogP contribution < -0.4 is 5.32 Å². The highest BCUT2D eigenvalue weighted by Gasteiger charge is 2.53. The maximum atomic E-state index is 12.7. The van der Waals surface area contributed by atoms with Crippen LogP contribution in [0.1, 0.15) is 54.1 Å². The van der Waals surface area contributed by atoms with E-state index in [0.29, 0.717) is 25.7 Å². The van der Waals surface area contributed by atoms with Gasteiger partial charge in [0.25, 0.3) is 0 Å². The van der Waals surface area contributed by atoms with Gasteiger partial charge in [-0.05, 0) is 57.2 Å². The average Bonchev–Trinajstić information content (AvgIpc) is 3.14. The minimum Gasteiger partial charge on any atom is -0.447 e. The Morgan fingerprint density at radius 1 is 1.38 bits per heavy atom. The van der Waals surface area contributed by atoms with Crippen molar-refractivity contribution in [2.45, 2.75) is 45.1 Å². The molecule has 1 aliphatic carbocycles. The molecule has 2 aliphatic rings. The van der Waals surface area contributed by atoms with E-state index < -0.39 is 17.7 Å². The summed E-state index contributed by atoms with van der Waals surface area (Å²) in [6.45, 7) is 3.95. The standard InChI is InChI=1S/C19H20ClNO5/c1-3-21-18(24)25-16-15(17(23)26-19(16)6-4-5-7-19)14-12(10-22)8-11(2)9-13(14)20/h8-10H,3-7H2,1-2H3,(H,21,24). The molecule has 0 aromatic heterocycles. The third kappa shape index (κ3) is 3.09. The minimum atomic E-state index is -0.966. The van der Waals surface area contributed by atoms with Crippen LogP contribution in [0.4, 0.5) is 4.79 Å². The van der Waals surface area contributed by atoms with E-state index >= 15 is 0 Å². The molecule has 1 amide bonds. The van der Waals surface area contributed by atoms with E-state index in [4.69, 9.17) is 21.1 Å². The number of esters is 1. The van der Waals surface area contributed by atoms with Crippen LogP contribution in [0, 0.1) is 6.92 Å². The lowest BCUT2D eigenvalue weighted by atomic mass is 9.92. The molecule has 7 heteroatoms. The molecule has 1 fully saturated rings. The van der Waals surface area contributed by atoms with Gasteiger partial charge in [-0.3, -0.25) is 4.79 Å². The van der Waals surface area contributed by atoms with Crippen LogP contribution in [0.3, 0.4) is 0 Å². The van der Waals surface area contributed by atoms with Crippen LogP contribution in [0.25, 0.3) is 5.57 Å². The predicted molar refractivity (Wildman–Crippen MR) is 95.9 cm³/mol. The number of aldehydes is 1. The molecule has 0 unspecified atom stereocenters. The van der Waals surface area contributed by atoms with Gasteiger partial charge < -0.3 is 14.8 Å². The second-order valence-electron chi connectivity index (χ2n) is 6.54. The largest absolute Gasteiger partial charge is 0.447 e. The number of amides is 1. The summed E-state index contributed by atoms with van der Waals surface area (Å²) in [5.74, 6) is -0.472. The summed E-state index contributed by atoms with van der Waals surface area (Å²) >= 11 is 6.36. The molecule has 1 N–H and O–H groups in total. The second kappa shape index (κ2) is 7.11. The third-order valence-corrected chi connectivity index (χ3v) is 5.00. The van der Waals surface area contributed by atoms with Crippen LogP contribution in [-0.4, -0.2) is 30.5 Å². The van der Waals surface area contributed by atoms with Crippen molar-refractivity contribution in [3.8, 4) is 0 Å². The number of aryl methyl sites for hydroxylation is 1. The van der Waals surface area contributed by atoms with Gasteiger partial charge in [0.05, 0.1) is 0 Å². The number of ether oxygens (including phenoxy) is 2. The van der Waals surface area contributed by atoms with Crippen LogP contribution in [0.2, 0.25) is 5.02 Å². The Bertz CT molecular complexity index is 808. The highest BCUT2D eigenvalue weighted by atomic mass is 35.5. The number of alkyl carbamates (subject to hydrolysis) is 1. The van der Waals surface area contributed by atoms with Gasteiger partial charge in [-0.25, -0.2) is 9.59 Å². The molecule has 1 spiro atoms. The molecule has 26 heavy (non-hydrogen) atoms. The molecule has 1 saturated carbocycles. The highest BCUT2D eigenvalue weighted by molar-refractivity contribution is 6.36. The quantitative estimate of drug-likeness (QED) is 0.637. The molecule has 1 heterocycles. The van der Waals surface area contributed by atoms with Crippen molar-refractivity contribution in [2.75, 3.05) is 6.54 Å². The Balaban J connectivity index is 2.21. The van der Waals surface area contributed by atoms with Crippen LogP contribution in [0.5, 0.6) is 0 Å². The molecular weight excluding hydrogens is 358 g/mol. The van der Waals surface area contributed by atoms with E-state index in [0.717, 1.165) is 18.4 Å². The second-order valence-corrected chi connectivity index (χ2v) is 6.95. The van der Waals surface area contributed by atoms with E-state index in [1.165, 1.54) is 0 Å². The monoisotopic (exact) mass is 377 g/mol. The van der Waals surface area contributed by atoms with Crippen molar-refractivity contribution in [2.24, 2.45) is 0 Å². The van der Waals surface area contributed by atoms with Crippen LogP contribution in [-0.2, 0) is 14.3 Å². The Morgan fingerprint density at radius 2 is 2.08 bits per heavy atom. The number of benzene rings is 1. The maximum Gasteiger partial charge on any atom is 0.412 e. The minimum absolute atomic E-state index is 0.0604. The van der Waals surface area contributed by atoms with Gasteiger partial charge in [-0.2, -0.15) is 0 Å². The predicted octanol–water partition coefficient (Wildman–Crippen LogP) is 3.79. The molecule has 0 radical (unpaired) electrons. The highest BCUT2D eigenvalue weighted by Crippen LogP contribution is 2.49. The van der Waals surface area contributed by atoms with Crippen molar-refractivity contribution >= 4 is 35.5 Å². The summed E-state index contributed by atoms with van der Waals surface area (Å²) in [5.41, 5.74) is 0.389. The van der Waals surface area contributed by atoms with E-state index in [-0.39, 0.29) is 27.5 Å². The van der Waals surface area contributed by atoms with E-state index in [1.807, 2.05) is 0 Å². The topological polar surface area (TPSA) is 81.7 Å². The first-order valence-electron chi connectivity index (χ1n) is 8.61. The first-order chi connectivity index (χ1) is 12.4. The Kier molecular flexibility index (Phi) is 5.05. The Labute approximate surface area is 156 Å². The number of hydrogen-bond acceptors (Lipinski definition) is 5. The first-order valence-corrected chi connectivity index (χ1v) is 8.99. The number of hydrogen-bond donors (Lipinski definition) is 1. The molecule has 3 rings (SSSR count). The number of nitrogens with one attached hydrogen (secondary N) is 1. The fourth-order valence-corrected chi connectivity index (χ4v) is 4.00. The fourth-order valence-electron chi connectivity index (χ4n) is 3.63. The zero-order valence-corrected chi connectivity index (χ0v) is 15.4. The van der Waals surface area contributed by atoms with Gasteiger partial charge in [0.1, 0.15) is 5.57 Å². The molecule has 1 aliphatic heterocycles. The molecule has 1 aromatic rings. The van der Waals surface area contributed by atoms with Crippen molar-refractivity contribution < 1.29 is 23.9 Å².